The van der Waals surface area contributed by atoms with Crippen LogP contribution in [0.3, 0.4) is 0 Å². The first-order valence-electron chi connectivity index (χ1n) is 6.49. The van der Waals surface area contributed by atoms with Crippen molar-refractivity contribution in [3.63, 3.8) is 0 Å². The van der Waals surface area contributed by atoms with Crippen LogP contribution >= 0.6 is 11.6 Å². The maximum atomic E-state index is 11.8. The van der Waals surface area contributed by atoms with E-state index in [2.05, 4.69) is 13.8 Å². The summed E-state index contributed by atoms with van der Waals surface area (Å²) in [6, 6.07) is 0. The van der Waals surface area contributed by atoms with Crippen molar-refractivity contribution in [3.8, 4) is 0 Å². The molecule has 0 saturated carbocycles. The van der Waals surface area contributed by atoms with Crippen LogP contribution in [0.2, 0.25) is 0 Å². The molecule has 0 radical (unpaired) electrons. The zero-order chi connectivity index (χ0) is 12.0. The summed E-state index contributed by atoms with van der Waals surface area (Å²) in [6.07, 6.45) is 4.93. The molecule has 1 saturated heterocycles. The van der Waals surface area contributed by atoms with E-state index in [0.29, 0.717) is 18.2 Å². The summed E-state index contributed by atoms with van der Waals surface area (Å²) in [5.74, 6) is 2.57. The van der Waals surface area contributed by atoms with Crippen molar-refractivity contribution in [2.45, 2.75) is 46.0 Å². The summed E-state index contributed by atoms with van der Waals surface area (Å²) in [4.78, 5) is 13.9. The van der Waals surface area contributed by atoms with Gasteiger partial charge >= 0.3 is 0 Å². The maximum Gasteiger partial charge on any atom is 0.222 e. The minimum Gasteiger partial charge on any atom is -0.343 e. The normalized spacial score (nSPS) is 18.1. The molecule has 0 aromatic rings. The lowest BCUT2D eigenvalue weighted by atomic mass is 9.86. The highest BCUT2D eigenvalue weighted by Gasteiger charge is 2.23. The zero-order valence-electron chi connectivity index (χ0n) is 10.5. The fourth-order valence-corrected chi connectivity index (χ4v) is 2.53. The van der Waals surface area contributed by atoms with Crippen molar-refractivity contribution >= 4 is 17.5 Å². The number of nitrogens with zero attached hydrogens (tertiary/aromatic N) is 1. The Hall–Kier alpha value is -0.240. The van der Waals surface area contributed by atoms with E-state index in [0.717, 1.165) is 37.8 Å². The average Bonchev–Trinajstić information content (AvgIpc) is 2.29. The van der Waals surface area contributed by atoms with Gasteiger partial charge in [0.1, 0.15) is 0 Å². The smallest absolute Gasteiger partial charge is 0.222 e. The van der Waals surface area contributed by atoms with Crippen molar-refractivity contribution in [3.05, 3.63) is 0 Å². The number of hydrogen-bond acceptors (Lipinski definition) is 1. The minimum absolute atomic E-state index is 0.326. The first-order chi connectivity index (χ1) is 7.65. The van der Waals surface area contributed by atoms with Crippen LogP contribution in [0.25, 0.3) is 0 Å². The van der Waals surface area contributed by atoms with Crippen LogP contribution in [-0.4, -0.2) is 29.8 Å². The number of carbonyl (C=O) groups excluding carboxylic acids is 1. The molecular formula is C13H24ClNO. The second kappa shape index (κ2) is 7.16. The van der Waals surface area contributed by atoms with E-state index in [9.17, 15) is 4.79 Å². The van der Waals surface area contributed by atoms with Crippen molar-refractivity contribution in [2.75, 3.05) is 19.0 Å². The number of rotatable bonds is 5. The molecule has 1 aliphatic heterocycles. The summed E-state index contributed by atoms with van der Waals surface area (Å²) in [5.41, 5.74) is 0. The summed E-state index contributed by atoms with van der Waals surface area (Å²) >= 11 is 5.60. The molecule has 0 N–H and O–H groups in total. The Morgan fingerprint density at radius 3 is 2.44 bits per heavy atom. The molecule has 1 aliphatic rings. The van der Waals surface area contributed by atoms with Crippen molar-refractivity contribution in [2.24, 2.45) is 11.8 Å². The van der Waals surface area contributed by atoms with Crippen molar-refractivity contribution in [1.82, 2.24) is 4.90 Å². The predicted octanol–water partition coefficient (Wildman–Crippen LogP) is 3.29. The average molecular weight is 246 g/mol. The van der Waals surface area contributed by atoms with E-state index in [1.165, 1.54) is 12.8 Å². The highest BCUT2D eigenvalue weighted by Crippen LogP contribution is 2.24. The Morgan fingerprint density at radius 2 is 1.94 bits per heavy atom. The lowest BCUT2D eigenvalue weighted by Crippen LogP contribution is -2.39. The Kier molecular flexibility index (Phi) is 6.18. The van der Waals surface area contributed by atoms with Gasteiger partial charge in [-0.2, -0.15) is 0 Å². The van der Waals surface area contributed by atoms with Gasteiger partial charge in [0, 0.05) is 25.4 Å². The van der Waals surface area contributed by atoms with Gasteiger partial charge in [-0.25, -0.2) is 0 Å². The Balaban J connectivity index is 2.22. The van der Waals surface area contributed by atoms with Gasteiger partial charge in [-0.05, 0) is 37.5 Å². The quantitative estimate of drug-likeness (QED) is 0.538. The van der Waals surface area contributed by atoms with Crippen LogP contribution in [-0.2, 0) is 4.79 Å². The third-order valence-corrected chi connectivity index (χ3v) is 3.88. The number of alkyl halides is 1. The number of carbonyl (C=O) groups is 1. The van der Waals surface area contributed by atoms with Crippen molar-refractivity contribution in [1.29, 1.82) is 0 Å². The summed E-state index contributed by atoms with van der Waals surface area (Å²) < 4.78 is 0. The van der Waals surface area contributed by atoms with Gasteiger partial charge in [-0.1, -0.05) is 13.8 Å². The predicted molar refractivity (Wildman–Crippen MR) is 68.7 cm³/mol. The van der Waals surface area contributed by atoms with Crippen LogP contribution in [0.15, 0.2) is 0 Å². The van der Waals surface area contributed by atoms with Crippen LogP contribution < -0.4 is 0 Å². The molecule has 1 heterocycles. The molecule has 16 heavy (non-hydrogen) atoms. The molecule has 1 amide bonds. The van der Waals surface area contributed by atoms with Gasteiger partial charge in [0.15, 0.2) is 0 Å². The number of amides is 1. The van der Waals surface area contributed by atoms with E-state index in [4.69, 9.17) is 11.6 Å². The monoisotopic (exact) mass is 245 g/mol. The fraction of sp³-hybridized carbons (Fsp3) is 0.923. The molecule has 0 unspecified atom stereocenters. The molecule has 0 aliphatic carbocycles. The molecule has 2 nitrogen and oxygen atoms in total. The fourth-order valence-electron chi connectivity index (χ4n) is 2.34. The number of likely N-dealkylation sites (tertiary alicyclic amines) is 1. The van der Waals surface area contributed by atoms with Gasteiger partial charge in [0.05, 0.1) is 0 Å². The van der Waals surface area contributed by atoms with Gasteiger partial charge in [-0.3, -0.25) is 4.79 Å². The van der Waals surface area contributed by atoms with E-state index in [1.54, 1.807) is 0 Å². The minimum atomic E-state index is 0.326. The second-order valence-electron chi connectivity index (χ2n) is 5.11. The second-order valence-corrected chi connectivity index (χ2v) is 5.49. The lowest BCUT2D eigenvalue weighted by molar-refractivity contribution is -0.132. The Morgan fingerprint density at radius 1 is 1.31 bits per heavy atom. The maximum absolute atomic E-state index is 11.8. The lowest BCUT2D eigenvalue weighted by Gasteiger charge is -2.34. The van der Waals surface area contributed by atoms with Gasteiger partial charge in [0.25, 0.3) is 0 Å². The van der Waals surface area contributed by atoms with Crippen molar-refractivity contribution < 1.29 is 4.79 Å². The standard InChI is InChI=1S/C13H24ClNO/c1-11(2)12-6-9-15(10-7-12)13(16)5-3-4-8-14/h11-12H,3-10H2,1-2H3. The molecule has 1 rings (SSSR count). The van der Waals surface area contributed by atoms with Crippen LogP contribution in [0.4, 0.5) is 0 Å². The number of piperidine rings is 1. The number of hydrogen-bond donors (Lipinski definition) is 0. The summed E-state index contributed by atoms with van der Waals surface area (Å²) in [5, 5.41) is 0. The first-order valence-corrected chi connectivity index (χ1v) is 7.02. The zero-order valence-corrected chi connectivity index (χ0v) is 11.3. The van der Waals surface area contributed by atoms with E-state index >= 15 is 0 Å². The third kappa shape index (κ3) is 4.32. The third-order valence-electron chi connectivity index (χ3n) is 3.61. The number of unbranched alkanes of at least 4 members (excludes halogenated alkanes) is 1. The van der Waals surface area contributed by atoms with E-state index in [1.807, 2.05) is 4.90 Å². The molecule has 3 heteroatoms. The molecular weight excluding hydrogens is 222 g/mol. The van der Waals surface area contributed by atoms with E-state index < -0.39 is 0 Å². The highest BCUT2D eigenvalue weighted by molar-refractivity contribution is 6.17. The molecule has 0 atom stereocenters. The molecule has 1 fully saturated rings. The highest BCUT2D eigenvalue weighted by atomic mass is 35.5. The molecule has 0 aromatic carbocycles. The largest absolute Gasteiger partial charge is 0.343 e. The molecule has 0 aromatic heterocycles. The SMILES string of the molecule is CC(C)C1CCN(C(=O)CCCCCl)CC1. The van der Waals surface area contributed by atoms with Crippen LogP contribution in [0, 0.1) is 11.8 Å². The van der Waals surface area contributed by atoms with Gasteiger partial charge in [0.2, 0.25) is 5.91 Å². The molecule has 94 valence electrons. The topological polar surface area (TPSA) is 20.3 Å². The number of halogens is 1. The van der Waals surface area contributed by atoms with Crippen LogP contribution in [0.5, 0.6) is 0 Å². The first kappa shape index (κ1) is 13.8. The van der Waals surface area contributed by atoms with Gasteiger partial charge < -0.3 is 4.90 Å². The summed E-state index contributed by atoms with van der Waals surface area (Å²) in [6.45, 7) is 6.48. The molecule has 0 spiro atoms. The Bertz CT molecular complexity index is 210. The molecule has 0 bridgehead atoms. The summed E-state index contributed by atoms with van der Waals surface area (Å²) in [7, 11) is 0. The van der Waals surface area contributed by atoms with Gasteiger partial charge in [-0.15, -0.1) is 11.6 Å². The Labute approximate surface area is 104 Å². The van der Waals surface area contributed by atoms with Crippen LogP contribution in [0.1, 0.15) is 46.0 Å². The van der Waals surface area contributed by atoms with E-state index in [-0.39, 0.29) is 0 Å².